The maximum atomic E-state index is 13.7. The topological polar surface area (TPSA) is 99.1 Å². The van der Waals surface area contributed by atoms with Crippen molar-refractivity contribution in [2.45, 2.75) is 105 Å². The van der Waals surface area contributed by atoms with Crippen LogP contribution in [-0.2, 0) is 60.9 Å². The van der Waals surface area contributed by atoms with Gasteiger partial charge >= 0.3 is 0 Å². The van der Waals surface area contributed by atoms with Gasteiger partial charge < -0.3 is 19.3 Å². The zero-order valence-corrected chi connectivity index (χ0v) is 34.6. The maximum Gasteiger partial charge on any atom is 0.170 e. The van der Waals surface area contributed by atoms with Crippen molar-refractivity contribution >= 4 is 22.9 Å². The highest BCUT2D eigenvalue weighted by Crippen LogP contribution is 2.52. The molecule has 0 aliphatic heterocycles. The van der Waals surface area contributed by atoms with Gasteiger partial charge in [0, 0.05) is 37.4 Å². The minimum absolute atomic E-state index is 0.0568. The molecule has 0 saturated heterocycles. The normalized spacial score (nSPS) is 25.4. The zero-order chi connectivity index (χ0) is 40.1. The molecule has 3 aromatic rings. The van der Waals surface area contributed by atoms with E-state index in [1.807, 2.05) is 18.2 Å². The number of methoxy groups -OCH3 is 1. The van der Waals surface area contributed by atoms with Crippen LogP contribution in [0.4, 0.5) is 0 Å². The van der Waals surface area contributed by atoms with Crippen LogP contribution in [0.1, 0.15) is 109 Å². The first-order chi connectivity index (χ1) is 27.1. The van der Waals surface area contributed by atoms with E-state index >= 15 is 0 Å². The quantitative estimate of drug-likeness (QED) is 0.0996. The molecule has 4 aliphatic carbocycles. The van der Waals surface area contributed by atoms with E-state index in [1.165, 1.54) is 22.3 Å². The summed E-state index contributed by atoms with van der Waals surface area (Å²) in [5.41, 5.74) is 11.3. The standard InChI is InChI=1S/C27H32O3.C22H30O4/c1-4-20-11-17(3)12-21(5-2)24(20)25-26(29)22-13-19(15-28)14-23(22)27(25)30-16-18-9-7-6-8-10-18;1-5-15-7-13(3)8-16(6-2)19(15)20-21(23)17-9-14(11-26-12-25-4)10-18(17)22(20)24/h6-12,19,22-23,28H,4-5,13-16H2,1-3H3;7-8,14,17-18,20H,5-6,9-12H2,1-4H3. The number of aliphatic hydroxyl groups excluding tert-OH is 1. The van der Waals surface area contributed by atoms with Gasteiger partial charge in [-0.2, -0.15) is 0 Å². The van der Waals surface area contributed by atoms with Gasteiger partial charge in [0.15, 0.2) is 17.3 Å². The molecule has 0 aromatic heterocycles. The molecule has 7 nitrogen and oxygen atoms in total. The Balaban J connectivity index is 0.000000192. The molecular formula is C49H62O7. The van der Waals surface area contributed by atoms with Crippen LogP contribution in [0.3, 0.4) is 0 Å². The molecule has 56 heavy (non-hydrogen) atoms. The van der Waals surface area contributed by atoms with Crippen molar-refractivity contribution in [3.8, 4) is 0 Å². The maximum absolute atomic E-state index is 13.7. The Morgan fingerprint density at radius 1 is 0.679 bits per heavy atom. The van der Waals surface area contributed by atoms with E-state index in [0.717, 1.165) is 90.5 Å². The average Bonchev–Trinajstić information content (AvgIpc) is 3.95. The van der Waals surface area contributed by atoms with E-state index in [-0.39, 0.29) is 66.3 Å². The molecule has 4 aliphatic rings. The van der Waals surface area contributed by atoms with Crippen LogP contribution in [0, 0.1) is 49.4 Å². The summed E-state index contributed by atoms with van der Waals surface area (Å²) in [6.07, 6.45) is 6.61. The van der Waals surface area contributed by atoms with E-state index in [9.17, 15) is 19.5 Å². The largest absolute Gasteiger partial charge is 0.492 e. The second-order valence-corrected chi connectivity index (χ2v) is 16.5. The van der Waals surface area contributed by atoms with Gasteiger partial charge in [-0.25, -0.2) is 0 Å². The lowest BCUT2D eigenvalue weighted by molar-refractivity contribution is -0.126. The van der Waals surface area contributed by atoms with Crippen molar-refractivity contribution in [2.75, 3.05) is 27.1 Å². The van der Waals surface area contributed by atoms with Gasteiger partial charge in [0.05, 0.1) is 12.2 Å². The molecule has 1 N–H and O–H groups in total. The highest BCUT2D eigenvalue weighted by molar-refractivity contribution is 6.25. The fourth-order valence-corrected chi connectivity index (χ4v) is 10.3. The Morgan fingerprint density at radius 2 is 1.20 bits per heavy atom. The van der Waals surface area contributed by atoms with E-state index in [4.69, 9.17) is 14.2 Å². The van der Waals surface area contributed by atoms with Crippen LogP contribution in [0.2, 0.25) is 0 Å². The first kappa shape index (κ1) is 41.7. The van der Waals surface area contributed by atoms with Gasteiger partial charge in [-0.15, -0.1) is 0 Å². The second-order valence-electron chi connectivity index (χ2n) is 16.5. The minimum Gasteiger partial charge on any atom is -0.492 e. The zero-order valence-electron chi connectivity index (χ0n) is 34.6. The van der Waals surface area contributed by atoms with Crippen LogP contribution in [0.5, 0.6) is 0 Å². The van der Waals surface area contributed by atoms with Crippen molar-refractivity contribution in [1.82, 2.24) is 0 Å². The van der Waals surface area contributed by atoms with Crippen LogP contribution < -0.4 is 0 Å². The molecule has 3 aromatic carbocycles. The molecule has 3 fully saturated rings. The highest BCUT2D eigenvalue weighted by Gasteiger charge is 2.55. The van der Waals surface area contributed by atoms with Gasteiger partial charge in [-0.05, 0) is 116 Å². The van der Waals surface area contributed by atoms with Crippen LogP contribution in [-0.4, -0.2) is 49.6 Å². The Labute approximate surface area is 334 Å². The Hall–Kier alpha value is -3.91. The molecule has 7 heteroatoms. The van der Waals surface area contributed by atoms with Crippen molar-refractivity contribution in [3.63, 3.8) is 0 Å². The molecule has 300 valence electrons. The summed E-state index contributed by atoms with van der Waals surface area (Å²) in [5, 5.41) is 9.71. The van der Waals surface area contributed by atoms with Crippen molar-refractivity contribution in [1.29, 1.82) is 0 Å². The molecule has 7 rings (SSSR count). The van der Waals surface area contributed by atoms with E-state index < -0.39 is 5.92 Å². The Kier molecular flexibility index (Phi) is 13.8. The van der Waals surface area contributed by atoms with Gasteiger partial charge in [0.25, 0.3) is 0 Å². The van der Waals surface area contributed by atoms with Gasteiger partial charge in [0.1, 0.15) is 25.1 Å². The Morgan fingerprint density at radius 3 is 1.71 bits per heavy atom. The summed E-state index contributed by atoms with van der Waals surface area (Å²) in [5.74, 6) is 1.06. The first-order valence-electron chi connectivity index (χ1n) is 21.0. The monoisotopic (exact) mass is 762 g/mol. The average molecular weight is 763 g/mol. The fraction of sp³-hybridized carbons (Fsp3) is 0.531. The summed E-state index contributed by atoms with van der Waals surface area (Å²) >= 11 is 0. The highest BCUT2D eigenvalue weighted by atomic mass is 16.7. The van der Waals surface area contributed by atoms with Crippen molar-refractivity contribution < 1.29 is 33.7 Å². The lowest BCUT2D eigenvalue weighted by Crippen LogP contribution is -2.21. The molecular weight excluding hydrogens is 701 g/mol. The molecule has 0 spiro atoms. The van der Waals surface area contributed by atoms with Crippen LogP contribution >= 0.6 is 0 Å². The van der Waals surface area contributed by atoms with E-state index in [2.05, 4.69) is 77.9 Å². The number of aryl methyl sites for hydroxylation is 6. The summed E-state index contributed by atoms with van der Waals surface area (Å²) in [7, 11) is 1.60. The predicted octanol–water partition coefficient (Wildman–Crippen LogP) is 8.88. The van der Waals surface area contributed by atoms with Gasteiger partial charge in [-0.1, -0.05) is 93.4 Å². The SMILES string of the molecule is CCc1cc(C)cc(CC)c1C1=C(OCc2ccccc2)C2CC(CO)CC2C1=O.CCc1cc(C)cc(CC)c1C1C(=O)C2CC(COCOC)CC2C1=O. The van der Waals surface area contributed by atoms with Crippen molar-refractivity contribution in [2.24, 2.45) is 35.5 Å². The van der Waals surface area contributed by atoms with E-state index in [1.54, 1.807) is 7.11 Å². The first-order valence-corrected chi connectivity index (χ1v) is 21.0. The van der Waals surface area contributed by atoms with Gasteiger partial charge in [0.2, 0.25) is 0 Å². The number of allylic oxidation sites excluding steroid dienone is 2. The molecule has 0 heterocycles. The number of fused-ring (bicyclic) bond motifs is 2. The molecule has 0 amide bonds. The van der Waals surface area contributed by atoms with Crippen LogP contribution in [0.25, 0.3) is 5.57 Å². The number of ketones is 3. The Bertz CT molecular complexity index is 1850. The summed E-state index contributed by atoms with van der Waals surface area (Å²) in [6, 6.07) is 18.9. The number of carbonyl (C=O) groups excluding carboxylic acids is 3. The third-order valence-corrected chi connectivity index (χ3v) is 12.8. The third kappa shape index (κ3) is 8.37. The second kappa shape index (κ2) is 18.6. The molecule has 5 unspecified atom stereocenters. The number of aliphatic hydroxyl groups is 1. The minimum atomic E-state index is -0.545. The smallest absolute Gasteiger partial charge is 0.170 e. The van der Waals surface area contributed by atoms with Crippen molar-refractivity contribution in [3.05, 3.63) is 110 Å². The van der Waals surface area contributed by atoms with Crippen LogP contribution in [0.15, 0.2) is 60.4 Å². The molecule has 0 radical (unpaired) electrons. The summed E-state index contributed by atoms with van der Waals surface area (Å²) < 4.78 is 16.8. The lowest BCUT2D eigenvalue weighted by atomic mass is 9.82. The van der Waals surface area contributed by atoms with E-state index in [0.29, 0.717) is 13.2 Å². The number of carbonyl (C=O) groups is 3. The predicted molar refractivity (Wildman–Crippen MR) is 220 cm³/mol. The number of ether oxygens (including phenoxy) is 3. The number of hydrogen-bond acceptors (Lipinski definition) is 7. The van der Waals surface area contributed by atoms with Gasteiger partial charge in [-0.3, -0.25) is 14.4 Å². The number of benzene rings is 3. The summed E-state index contributed by atoms with van der Waals surface area (Å²) in [6.45, 7) is 14.2. The molecule has 3 saturated carbocycles. The fourth-order valence-electron chi connectivity index (χ4n) is 10.3. The summed E-state index contributed by atoms with van der Waals surface area (Å²) in [4.78, 5) is 40.1. The number of Topliss-reactive ketones (excluding diaryl/α,β-unsaturated/α-hetero) is 3. The number of rotatable bonds is 14. The number of hydrogen-bond donors (Lipinski definition) is 1. The molecule has 0 bridgehead atoms. The lowest BCUT2D eigenvalue weighted by Gasteiger charge is -2.20. The third-order valence-electron chi connectivity index (χ3n) is 12.8. The molecule has 5 atom stereocenters.